The molecule has 0 unspecified atom stereocenters. The number of nitrogens with one attached hydrogen (secondary N) is 1. The Hall–Kier alpha value is -4.12. The third kappa shape index (κ3) is 6.06. The zero-order valence-electron chi connectivity index (χ0n) is 24.1. The number of methoxy groups -OCH3 is 1. The summed E-state index contributed by atoms with van der Waals surface area (Å²) in [4.78, 5) is 35.2. The normalized spacial score (nSPS) is 21.7. The molecule has 1 N–H and O–H groups in total. The molecule has 1 saturated heterocycles. The van der Waals surface area contributed by atoms with Crippen molar-refractivity contribution in [2.24, 2.45) is 0 Å². The smallest absolute Gasteiger partial charge is 0.266 e. The maximum absolute atomic E-state index is 13.6. The van der Waals surface area contributed by atoms with Gasteiger partial charge in [-0.25, -0.2) is 0 Å². The maximum Gasteiger partial charge on any atom is 0.266 e. The van der Waals surface area contributed by atoms with Crippen LogP contribution in [-0.4, -0.2) is 72.3 Å². The Balaban J connectivity index is 1.28. The molecule has 2 fully saturated rings. The van der Waals surface area contributed by atoms with Gasteiger partial charge in [-0.1, -0.05) is 25.5 Å². The fourth-order valence-corrected chi connectivity index (χ4v) is 5.66. The summed E-state index contributed by atoms with van der Waals surface area (Å²) >= 11 is 0. The molecule has 1 aromatic heterocycles. The lowest BCUT2D eigenvalue weighted by molar-refractivity contribution is -0.124. The number of carbonyl (C=O) groups excluding carboxylic acids is 2. The number of anilines is 1. The topological polar surface area (TPSA) is 119 Å². The highest BCUT2D eigenvalue weighted by Crippen LogP contribution is 2.36. The minimum atomic E-state index is -0.339. The van der Waals surface area contributed by atoms with Crippen molar-refractivity contribution in [1.82, 2.24) is 20.4 Å². The minimum absolute atomic E-state index is 0.0591. The van der Waals surface area contributed by atoms with Crippen molar-refractivity contribution in [1.29, 1.82) is 0 Å². The van der Waals surface area contributed by atoms with Crippen LogP contribution in [-0.2, 0) is 16.1 Å². The van der Waals surface area contributed by atoms with Crippen LogP contribution in [0.3, 0.4) is 0 Å². The van der Waals surface area contributed by atoms with E-state index in [1.165, 1.54) is 6.42 Å². The van der Waals surface area contributed by atoms with Crippen LogP contribution in [0, 0.1) is 0 Å². The van der Waals surface area contributed by atoms with Crippen molar-refractivity contribution in [3.05, 3.63) is 59.5 Å². The molecule has 0 radical (unpaired) electrons. The minimum Gasteiger partial charge on any atom is -0.493 e. The van der Waals surface area contributed by atoms with Crippen LogP contribution in [0.1, 0.15) is 66.8 Å². The number of carbonyl (C=O) groups is 2. The first-order valence-corrected chi connectivity index (χ1v) is 14.7. The van der Waals surface area contributed by atoms with Gasteiger partial charge in [0.2, 0.25) is 11.8 Å². The molecule has 3 aromatic rings. The van der Waals surface area contributed by atoms with Crippen molar-refractivity contribution < 1.29 is 28.3 Å². The van der Waals surface area contributed by atoms with Crippen LogP contribution < -0.4 is 19.7 Å². The van der Waals surface area contributed by atoms with Crippen molar-refractivity contribution in [2.45, 2.75) is 63.7 Å². The molecule has 2 aliphatic heterocycles. The summed E-state index contributed by atoms with van der Waals surface area (Å²) in [7, 11) is 1.56. The van der Waals surface area contributed by atoms with E-state index in [0.29, 0.717) is 79.7 Å². The number of benzene rings is 2. The van der Waals surface area contributed by atoms with E-state index in [1.54, 1.807) is 30.2 Å². The van der Waals surface area contributed by atoms with Gasteiger partial charge in [-0.2, -0.15) is 4.98 Å². The van der Waals surface area contributed by atoms with Gasteiger partial charge in [0.05, 0.1) is 32.4 Å². The van der Waals surface area contributed by atoms with Crippen LogP contribution in [0.4, 0.5) is 5.95 Å². The highest BCUT2D eigenvalue weighted by molar-refractivity contribution is 5.97. The number of hydrogen-bond donors (Lipinski definition) is 1. The number of nitrogens with zero attached hydrogens (tertiary/aromatic N) is 4. The van der Waals surface area contributed by atoms with Gasteiger partial charge in [-0.3, -0.25) is 9.59 Å². The summed E-state index contributed by atoms with van der Waals surface area (Å²) in [5, 5.41) is 7.41. The van der Waals surface area contributed by atoms with Gasteiger partial charge in [0.1, 0.15) is 5.75 Å². The molecule has 3 heterocycles. The zero-order chi connectivity index (χ0) is 29.1. The predicted octanol–water partition coefficient (Wildman–Crippen LogP) is 4.28. The Bertz CT molecular complexity index is 1420. The van der Waals surface area contributed by atoms with Gasteiger partial charge in [0.15, 0.2) is 11.5 Å². The Morgan fingerprint density at radius 2 is 2.00 bits per heavy atom. The summed E-state index contributed by atoms with van der Waals surface area (Å²) < 4.78 is 23.7. The Morgan fingerprint density at radius 1 is 1.12 bits per heavy atom. The van der Waals surface area contributed by atoms with Crippen LogP contribution in [0.25, 0.3) is 0 Å². The highest BCUT2D eigenvalue weighted by atomic mass is 16.5. The maximum atomic E-state index is 13.6. The molecule has 3 aliphatic rings. The number of piperidine rings is 1. The van der Waals surface area contributed by atoms with Gasteiger partial charge in [-0.05, 0) is 66.7 Å². The SMILES string of the molecule is CCCN1CC(=O)N[C@H]2CCN(c3noc(C4CCC4)n3)C[C@@H]2OCc2cccc(c2)Oc2cc(ccc2OC)C1=O. The van der Waals surface area contributed by atoms with Gasteiger partial charge in [0, 0.05) is 31.1 Å². The highest BCUT2D eigenvalue weighted by Gasteiger charge is 2.35. The van der Waals surface area contributed by atoms with Crippen LogP contribution in [0.15, 0.2) is 47.0 Å². The molecule has 2 amide bonds. The summed E-state index contributed by atoms with van der Waals surface area (Å²) in [6, 6.07) is 12.4. The number of fused-ring (bicyclic) bond motifs is 5. The molecule has 2 aromatic carbocycles. The average molecular weight is 576 g/mol. The second-order valence-corrected chi connectivity index (χ2v) is 11.2. The molecule has 222 valence electrons. The van der Waals surface area contributed by atoms with Crippen molar-refractivity contribution >= 4 is 17.8 Å². The first-order valence-electron chi connectivity index (χ1n) is 14.7. The third-order valence-corrected chi connectivity index (χ3v) is 8.19. The molecule has 1 aliphatic carbocycles. The Labute approximate surface area is 245 Å². The fraction of sp³-hybridized carbons (Fsp3) is 0.484. The number of rotatable bonds is 5. The first-order chi connectivity index (χ1) is 20.5. The second-order valence-electron chi connectivity index (χ2n) is 11.2. The number of amides is 2. The van der Waals surface area contributed by atoms with E-state index < -0.39 is 0 Å². The van der Waals surface area contributed by atoms with Gasteiger partial charge >= 0.3 is 0 Å². The van der Waals surface area contributed by atoms with E-state index in [9.17, 15) is 9.59 Å². The molecule has 2 atom stereocenters. The quantitative estimate of drug-likeness (QED) is 0.475. The molecular weight excluding hydrogens is 538 g/mol. The van der Waals surface area contributed by atoms with Crippen molar-refractivity contribution in [2.75, 3.05) is 38.2 Å². The molecule has 11 nitrogen and oxygen atoms in total. The second kappa shape index (κ2) is 12.4. The van der Waals surface area contributed by atoms with E-state index in [1.807, 2.05) is 31.2 Å². The van der Waals surface area contributed by atoms with Crippen molar-refractivity contribution in [3.8, 4) is 17.2 Å². The van der Waals surface area contributed by atoms with Gasteiger partial charge in [-0.15, -0.1) is 0 Å². The molecule has 11 heteroatoms. The van der Waals surface area contributed by atoms with Crippen LogP contribution in [0.2, 0.25) is 0 Å². The Morgan fingerprint density at radius 3 is 2.79 bits per heavy atom. The molecule has 1 saturated carbocycles. The van der Waals surface area contributed by atoms with Crippen molar-refractivity contribution in [3.63, 3.8) is 0 Å². The molecule has 4 bridgehead atoms. The van der Waals surface area contributed by atoms with Gasteiger partial charge < -0.3 is 33.9 Å². The van der Waals surface area contributed by atoms with E-state index in [0.717, 1.165) is 18.4 Å². The monoisotopic (exact) mass is 575 g/mol. The lowest BCUT2D eigenvalue weighted by atomic mass is 9.85. The summed E-state index contributed by atoms with van der Waals surface area (Å²) in [6.45, 7) is 3.81. The standard InChI is InChI=1S/C31H37N5O6/c1-3-13-35-18-28(37)32-24-12-14-36(31-33-29(42-34-31)21-7-5-8-21)17-27(24)40-19-20-6-4-9-23(15-20)41-26-16-22(30(35)38)10-11-25(26)39-2/h4,6,9-11,15-16,21,24,27H,3,5,7-8,12-14,17-19H2,1-2H3,(H,32,37)/t24-,27-/m0/s1. The third-order valence-electron chi connectivity index (χ3n) is 8.19. The van der Waals surface area contributed by atoms with Crippen LogP contribution >= 0.6 is 0 Å². The molecular formula is C31H37N5O6. The Kier molecular flexibility index (Phi) is 8.27. The predicted molar refractivity (Wildman–Crippen MR) is 154 cm³/mol. The lowest BCUT2D eigenvalue weighted by Gasteiger charge is -2.38. The van der Waals surface area contributed by atoms with E-state index in [2.05, 4.69) is 20.4 Å². The average Bonchev–Trinajstić information content (AvgIpc) is 3.44. The summed E-state index contributed by atoms with van der Waals surface area (Å²) in [5.74, 6) is 2.65. The first kappa shape index (κ1) is 28.0. The molecule has 6 rings (SSSR count). The van der Waals surface area contributed by atoms with E-state index in [4.69, 9.17) is 18.7 Å². The fourth-order valence-electron chi connectivity index (χ4n) is 5.66. The number of aromatic nitrogens is 2. The molecule has 0 spiro atoms. The number of ether oxygens (including phenoxy) is 3. The largest absolute Gasteiger partial charge is 0.493 e. The lowest BCUT2D eigenvalue weighted by Crippen LogP contribution is -2.56. The summed E-state index contributed by atoms with van der Waals surface area (Å²) in [6.07, 6.45) is 4.36. The zero-order valence-corrected chi connectivity index (χ0v) is 24.1. The van der Waals surface area contributed by atoms with E-state index in [-0.39, 0.29) is 30.5 Å². The van der Waals surface area contributed by atoms with Gasteiger partial charge in [0.25, 0.3) is 11.9 Å². The molecule has 42 heavy (non-hydrogen) atoms. The van der Waals surface area contributed by atoms with Crippen LogP contribution in [0.5, 0.6) is 17.2 Å². The number of hydrogen-bond acceptors (Lipinski definition) is 9. The van der Waals surface area contributed by atoms with E-state index >= 15 is 0 Å². The summed E-state index contributed by atoms with van der Waals surface area (Å²) in [5.41, 5.74) is 1.33.